The third kappa shape index (κ3) is 6.51. The van der Waals surface area contributed by atoms with Crippen LogP contribution in [-0.4, -0.2) is 53.4 Å². The Kier molecular flexibility index (Phi) is 10.0. The fourth-order valence-corrected chi connectivity index (χ4v) is 7.03. The molecule has 0 spiro atoms. The Morgan fingerprint density at radius 2 is 1.26 bits per heavy atom. The van der Waals surface area contributed by atoms with Crippen LogP contribution in [0, 0.1) is 0 Å². The molecule has 0 saturated carbocycles. The van der Waals surface area contributed by atoms with Crippen molar-refractivity contribution in [3.05, 3.63) is 179 Å². The molecular weight excluding hydrogens is 665 g/mol. The highest BCUT2D eigenvalue weighted by atomic mass is 16.5. The number of ether oxygens (including phenoxy) is 1. The highest BCUT2D eigenvalue weighted by molar-refractivity contribution is 6.00. The molecule has 0 amide bonds. The molecule has 10 heteroatoms. The van der Waals surface area contributed by atoms with Gasteiger partial charge in [-0.15, -0.1) is 5.10 Å². The predicted molar refractivity (Wildman–Crippen MR) is 202 cm³/mol. The molecule has 0 unspecified atom stereocenters. The maximum absolute atomic E-state index is 13.0. The van der Waals surface area contributed by atoms with E-state index in [4.69, 9.17) is 9.95 Å². The van der Waals surface area contributed by atoms with Crippen LogP contribution in [0.2, 0.25) is 0 Å². The molecule has 0 aliphatic carbocycles. The summed E-state index contributed by atoms with van der Waals surface area (Å²) < 4.78 is 8.84. The van der Waals surface area contributed by atoms with Crippen molar-refractivity contribution in [3.8, 4) is 22.5 Å². The van der Waals surface area contributed by atoms with E-state index in [9.17, 15) is 14.7 Å². The number of hydrogen-bond acceptors (Lipinski definition) is 7. The summed E-state index contributed by atoms with van der Waals surface area (Å²) in [5.74, 6) is -0.869. The smallest absolute Gasteiger partial charge is 0.357 e. The first-order valence-corrected chi connectivity index (χ1v) is 17.6. The number of benzene rings is 5. The van der Waals surface area contributed by atoms with Crippen LogP contribution in [0.25, 0.3) is 22.5 Å². The minimum absolute atomic E-state index is 0.0530. The summed E-state index contributed by atoms with van der Waals surface area (Å²) in [6.45, 7) is 4.03. The Hall–Kier alpha value is -6.68. The monoisotopic (exact) mass is 702 g/mol. The van der Waals surface area contributed by atoms with Crippen molar-refractivity contribution >= 4 is 11.9 Å². The molecule has 10 nitrogen and oxygen atoms in total. The van der Waals surface area contributed by atoms with E-state index < -0.39 is 17.5 Å². The van der Waals surface area contributed by atoms with Crippen LogP contribution < -0.4 is 0 Å². The Labute approximate surface area is 307 Å². The van der Waals surface area contributed by atoms with E-state index in [2.05, 4.69) is 51.7 Å². The van der Waals surface area contributed by atoms with Crippen molar-refractivity contribution in [3.63, 3.8) is 0 Å². The summed E-state index contributed by atoms with van der Waals surface area (Å²) >= 11 is 0. The topological polar surface area (TPSA) is 125 Å². The van der Waals surface area contributed by atoms with Gasteiger partial charge in [-0.2, -0.15) is 0 Å². The number of nitrogens with zero attached hydrogens (tertiary/aromatic N) is 6. The zero-order valence-electron chi connectivity index (χ0n) is 29.5. The van der Waals surface area contributed by atoms with Gasteiger partial charge in [-0.25, -0.2) is 19.3 Å². The third-order valence-electron chi connectivity index (χ3n) is 9.33. The van der Waals surface area contributed by atoms with Gasteiger partial charge in [0.15, 0.2) is 17.2 Å². The Bertz CT molecular complexity index is 2240. The van der Waals surface area contributed by atoms with E-state index >= 15 is 0 Å². The minimum Gasteiger partial charge on any atom is -0.476 e. The normalized spacial score (nSPS) is 11.4. The summed E-state index contributed by atoms with van der Waals surface area (Å²) in [4.78, 5) is 29.4. The number of rotatable bonds is 13. The first-order chi connectivity index (χ1) is 26.0. The second kappa shape index (κ2) is 15.3. The quantitative estimate of drug-likeness (QED) is 0.0950. The first-order valence-electron chi connectivity index (χ1n) is 17.6. The van der Waals surface area contributed by atoms with Crippen molar-refractivity contribution in [1.82, 2.24) is 29.8 Å². The molecule has 0 aliphatic heterocycles. The number of carboxylic acids is 1. The summed E-state index contributed by atoms with van der Waals surface area (Å²) in [5.41, 5.74) is 5.31. The van der Waals surface area contributed by atoms with Crippen molar-refractivity contribution < 1.29 is 19.4 Å². The van der Waals surface area contributed by atoms with E-state index in [1.54, 1.807) is 11.5 Å². The second-order valence-electron chi connectivity index (χ2n) is 12.6. The van der Waals surface area contributed by atoms with Crippen molar-refractivity contribution in [2.45, 2.75) is 38.8 Å². The van der Waals surface area contributed by atoms with E-state index in [-0.39, 0.29) is 24.5 Å². The molecule has 2 heterocycles. The molecule has 2 aromatic heterocycles. The van der Waals surface area contributed by atoms with Crippen LogP contribution in [0.5, 0.6) is 0 Å². The standard InChI is InChI=1S/C43H38N6O4/c1-3-16-37-44-38(41(50)51)39(42(52)53-4-2)48(37)29-30-25-27-31(28-26-30)35-23-14-15-24-36(35)40-45-46-47-49(40)43(32-17-8-5-9-18-32,33-19-10-6-11-20-33)34-21-12-7-13-22-34/h5-15,17-28H,3-4,16,29H2,1-2H3,(H,50,51). The number of carbonyl (C=O) groups is 2. The lowest BCUT2D eigenvalue weighted by atomic mass is 9.77. The number of tetrazole rings is 1. The van der Waals surface area contributed by atoms with Gasteiger partial charge in [0, 0.05) is 18.5 Å². The lowest BCUT2D eigenvalue weighted by Gasteiger charge is -2.36. The van der Waals surface area contributed by atoms with Crippen molar-refractivity contribution in [1.29, 1.82) is 0 Å². The fraction of sp³-hybridized carbons (Fsp3) is 0.163. The lowest BCUT2D eigenvalue weighted by Crippen LogP contribution is -2.39. The van der Waals surface area contributed by atoms with Gasteiger partial charge in [-0.05, 0) is 57.2 Å². The van der Waals surface area contributed by atoms with Gasteiger partial charge in [0.25, 0.3) is 0 Å². The number of imidazole rings is 1. The molecule has 264 valence electrons. The van der Waals surface area contributed by atoms with Crippen LogP contribution in [0.1, 0.15) is 69.3 Å². The molecule has 7 aromatic rings. The van der Waals surface area contributed by atoms with Gasteiger partial charge in [0.2, 0.25) is 0 Å². The van der Waals surface area contributed by atoms with E-state index in [1.165, 1.54) is 0 Å². The number of esters is 1. The number of carboxylic acid groups (broad SMARTS) is 1. The van der Waals surface area contributed by atoms with Crippen molar-refractivity contribution in [2.75, 3.05) is 6.61 Å². The number of carbonyl (C=O) groups excluding carboxylic acids is 1. The largest absolute Gasteiger partial charge is 0.476 e. The van der Waals surface area contributed by atoms with Gasteiger partial charge in [0.05, 0.1) is 6.61 Å². The average Bonchev–Trinajstić information content (AvgIpc) is 3.83. The summed E-state index contributed by atoms with van der Waals surface area (Å²) in [6.07, 6.45) is 1.24. The molecule has 1 N–H and O–H groups in total. The minimum atomic E-state index is -1.27. The zero-order valence-corrected chi connectivity index (χ0v) is 29.5. The summed E-state index contributed by atoms with van der Waals surface area (Å²) in [6, 6.07) is 46.8. The first kappa shape index (κ1) is 34.8. The number of hydrogen-bond donors (Lipinski definition) is 1. The molecule has 0 bridgehead atoms. The van der Waals surface area contributed by atoms with Gasteiger partial charge in [-0.1, -0.05) is 146 Å². The number of aromatic nitrogens is 6. The van der Waals surface area contributed by atoms with Crippen LogP contribution in [0.3, 0.4) is 0 Å². The van der Waals surface area contributed by atoms with Gasteiger partial charge in [0.1, 0.15) is 11.4 Å². The number of aromatic carboxylic acids is 1. The SMILES string of the molecule is CCCc1nc(C(=O)O)c(C(=O)OCC)n1Cc1ccc(-c2ccccc2-c2nnnn2C(c2ccccc2)(c2ccccc2)c2ccccc2)cc1. The Balaban J connectivity index is 1.33. The molecule has 0 atom stereocenters. The van der Waals surface area contributed by atoms with Gasteiger partial charge >= 0.3 is 11.9 Å². The van der Waals surface area contributed by atoms with Crippen molar-refractivity contribution in [2.24, 2.45) is 0 Å². The van der Waals surface area contributed by atoms with E-state index in [0.29, 0.717) is 18.1 Å². The van der Waals surface area contributed by atoms with E-state index in [1.807, 2.05) is 115 Å². The molecule has 7 rings (SSSR count). The summed E-state index contributed by atoms with van der Waals surface area (Å²) in [5, 5.41) is 23.6. The third-order valence-corrected chi connectivity index (χ3v) is 9.33. The van der Waals surface area contributed by atoms with E-state index in [0.717, 1.165) is 45.4 Å². The molecular formula is C43H38N6O4. The zero-order chi connectivity index (χ0) is 36.8. The van der Waals surface area contributed by atoms with Crippen LogP contribution in [0.4, 0.5) is 0 Å². The predicted octanol–water partition coefficient (Wildman–Crippen LogP) is 7.92. The average molecular weight is 703 g/mol. The second-order valence-corrected chi connectivity index (χ2v) is 12.6. The maximum atomic E-state index is 13.0. The summed E-state index contributed by atoms with van der Waals surface area (Å²) in [7, 11) is 0. The molecule has 5 aromatic carbocycles. The fourth-order valence-electron chi connectivity index (χ4n) is 7.03. The Morgan fingerprint density at radius 3 is 1.79 bits per heavy atom. The van der Waals surface area contributed by atoms with Crippen LogP contribution >= 0.6 is 0 Å². The highest BCUT2D eigenvalue weighted by Gasteiger charge is 2.42. The highest BCUT2D eigenvalue weighted by Crippen LogP contribution is 2.43. The molecule has 53 heavy (non-hydrogen) atoms. The Morgan fingerprint density at radius 1 is 0.717 bits per heavy atom. The number of aryl methyl sites for hydroxylation is 1. The van der Waals surface area contributed by atoms with Gasteiger partial charge < -0.3 is 14.4 Å². The molecule has 0 radical (unpaired) electrons. The van der Waals surface area contributed by atoms with Crippen LogP contribution in [-0.2, 0) is 23.2 Å². The van der Waals surface area contributed by atoms with Gasteiger partial charge in [-0.3, -0.25) is 0 Å². The molecule has 0 aliphatic rings. The molecule has 0 saturated heterocycles. The lowest BCUT2D eigenvalue weighted by molar-refractivity contribution is 0.0501. The van der Waals surface area contributed by atoms with Crippen LogP contribution in [0.15, 0.2) is 140 Å². The maximum Gasteiger partial charge on any atom is 0.357 e. The molecule has 0 fully saturated rings.